The van der Waals surface area contributed by atoms with Gasteiger partial charge in [-0.3, -0.25) is 4.79 Å². The molecule has 102 valence electrons. The molecule has 0 aliphatic rings. The fraction of sp³-hybridized carbons (Fsp3) is 0.357. The molecule has 0 atom stereocenters. The first-order valence-corrected chi connectivity index (χ1v) is 5.82. The van der Waals surface area contributed by atoms with Crippen LogP contribution in [-0.4, -0.2) is 30.6 Å². The van der Waals surface area contributed by atoms with Crippen LogP contribution in [0, 0.1) is 18.8 Å². The molecule has 0 radical (unpaired) electrons. The second-order valence-electron chi connectivity index (χ2n) is 3.85. The summed E-state index contributed by atoms with van der Waals surface area (Å²) in [5, 5.41) is 10.8. The second kappa shape index (κ2) is 7.49. The van der Waals surface area contributed by atoms with E-state index in [0.717, 1.165) is 0 Å². The van der Waals surface area contributed by atoms with Crippen molar-refractivity contribution >= 4 is 5.91 Å². The number of hydrogen-bond acceptors (Lipinski definition) is 2. The van der Waals surface area contributed by atoms with Gasteiger partial charge in [0.05, 0.1) is 13.2 Å². The highest BCUT2D eigenvalue weighted by atomic mass is 19.3. The lowest BCUT2D eigenvalue weighted by Gasteiger charge is -2.08. The Kier molecular flexibility index (Phi) is 5.97. The summed E-state index contributed by atoms with van der Waals surface area (Å²) in [6.45, 7) is 1.01. The molecule has 2 N–H and O–H groups in total. The molecule has 0 spiro atoms. The number of rotatable bonds is 4. The number of carbonyl (C=O) groups excluding carboxylic acids is 1. The lowest BCUT2D eigenvalue weighted by atomic mass is 10.0. The van der Waals surface area contributed by atoms with Gasteiger partial charge < -0.3 is 10.4 Å². The number of alkyl halides is 2. The van der Waals surface area contributed by atoms with Crippen LogP contribution >= 0.6 is 0 Å². The molecule has 0 aromatic heterocycles. The van der Waals surface area contributed by atoms with Crippen molar-refractivity contribution in [3.05, 3.63) is 34.9 Å². The minimum absolute atomic E-state index is 0.0272. The van der Waals surface area contributed by atoms with E-state index in [1.807, 2.05) is 0 Å². The molecule has 1 rings (SSSR count). The van der Waals surface area contributed by atoms with Gasteiger partial charge in [0.1, 0.15) is 0 Å². The Balaban J connectivity index is 2.89. The number of hydrogen-bond donors (Lipinski definition) is 2. The molecule has 19 heavy (non-hydrogen) atoms. The maximum absolute atomic E-state index is 12.0. The highest BCUT2D eigenvalue weighted by molar-refractivity contribution is 5.96. The number of carbonyl (C=O) groups is 1. The number of benzene rings is 1. The minimum atomic E-state index is -2.57. The predicted octanol–water partition coefficient (Wildman–Crippen LogP) is 1.72. The summed E-state index contributed by atoms with van der Waals surface area (Å²) in [4.78, 5) is 11.7. The van der Waals surface area contributed by atoms with E-state index in [-0.39, 0.29) is 6.61 Å². The average molecular weight is 267 g/mol. The van der Waals surface area contributed by atoms with Crippen LogP contribution < -0.4 is 5.32 Å². The van der Waals surface area contributed by atoms with Crippen molar-refractivity contribution in [2.24, 2.45) is 0 Å². The Morgan fingerprint density at radius 1 is 1.47 bits per heavy atom. The molecule has 0 unspecified atom stereocenters. The largest absolute Gasteiger partial charge is 0.395 e. The van der Waals surface area contributed by atoms with Crippen molar-refractivity contribution in [1.29, 1.82) is 0 Å². The third kappa shape index (κ3) is 4.68. The molecule has 0 fully saturated rings. The molecule has 0 aliphatic carbocycles. The number of nitrogens with one attached hydrogen (secondary N) is 1. The minimum Gasteiger partial charge on any atom is -0.395 e. The highest BCUT2D eigenvalue weighted by Gasteiger charge is 2.12. The van der Waals surface area contributed by atoms with E-state index < -0.39 is 18.9 Å². The van der Waals surface area contributed by atoms with Crippen LogP contribution in [0.2, 0.25) is 0 Å². The van der Waals surface area contributed by atoms with Gasteiger partial charge in [0.25, 0.3) is 12.3 Å². The lowest BCUT2D eigenvalue weighted by molar-refractivity contribution is 0.0891. The molecule has 5 heteroatoms. The summed E-state index contributed by atoms with van der Waals surface area (Å²) in [5.74, 6) is 5.05. The van der Waals surface area contributed by atoms with E-state index in [1.165, 1.54) is 0 Å². The van der Waals surface area contributed by atoms with Crippen molar-refractivity contribution in [2.75, 3.05) is 13.2 Å². The Bertz CT molecular complexity index is 504. The van der Waals surface area contributed by atoms with E-state index in [1.54, 1.807) is 25.1 Å². The van der Waals surface area contributed by atoms with Gasteiger partial charge in [-0.15, -0.1) is 0 Å². The van der Waals surface area contributed by atoms with Crippen molar-refractivity contribution in [3.8, 4) is 11.8 Å². The Labute approximate surface area is 110 Å². The Morgan fingerprint density at radius 3 is 2.84 bits per heavy atom. The monoisotopic (exact) mass is 267 g/mol. The SMILES string of the molecule is Cc1c(C#CCCO)cccc1C(=O)NCC(F)F. The second-order valence-corrected chi connectivity index (χ2v) is 3.85. The van der Waals surface area contributed by atoms with Crippen LogP contribution in [-0.2, 0) is 0 Å². The quantitative estimate of drug-likeness (QED) is 0.816. The molecular formula is C14H15F2NO2. The fourth-order valence-electron chi connectivity index (χ4n) is 1.50. The third-order valence-corrected chi connectivity index (χ3v) is 2.46. The van der Waals surface area contributed by atoms with Crippen LogP contribution in [0.25, 0.3) is 0 Å². The zero-order chi connectivity index (χ0) is 14.3. The van der Waals surface area contributed by atoms with Gasteiger partial charge in [0.2, 0.25) is 0 Å². The first kappa shape index (κ1) is 15.1. The van der Waals surface area contributed by atoms with Crippen LogP contribution in [0.3, 0.4) is 0 Å². The summed E-state index contributed by atoms with van der Waals surface area (Å²) in [5.41, 5.74) is 1.62. The van der Waals surface area contributed by atoms with Gasteiger partial charge in [-0.1, -0.05) is 17.9 Å². The topological polar surface area (TPSA) is 49.3 Å². The molecular weight excluding hydrogens is 252 g/mol. The molecule has 0 aliphatic heterocycles. The standard InChI is InChI=1S/C14H15F2NO2/c1-10-11(5-2-3-8-18)6-4-7-12(10)14(19)17-9-13(15)16/h4,6-7,13,18H,3,8-9H2,1H3,(H,17,19). The van der Waals surface area contributed by atoms with Crippen molar-refractivity contribution in [2.45, 2.75) is 19.8 Å². The highest BCUT2D eigenvalue weighted by Crippen LogP contribution is 2.13. The number of aliphatic hydroxyl groups excluding tert-OH is 1. The fourth-order valence-corrected chi connectivity index (χ4v) is 1.50. The molecule has 0 saturated carbocycles. The zero-order valence-electron chi connectivity index (χ0n) is 10.5. The van der Waals surface area contributed by atoms with Crippen LogP contribution in [0.4, 0.5) is 8.78 Å². The molecule has 1 aromatic rings. The normalized spacial score (nSPS) is 9.95. The average Bonchev–Trinajstić information content (AvgIpc) is 2.38. The molecule has 1 amide bonds. The first-order valence-electron chi connectivity index (χ1n) is 5.82. The summed E-state index contributed by atoms with van der Waals surface area (Å²) in [6, 6.07) is 4.95. The van der Waals surface area contributed by atoms with E-state index >= 15 is 0 Å². The summed E-state index contributed by atoms with van der Waals surface area (Å²) >= 11 is 0. The summed E-state index contributed by atoms with van der Waals surface area (Å²) < 4.78 is 24.1. The maximum atomic E-state index is 12.0. The van der Waals surface area contributed by atoms with E-state index in [2.05, 4.69) is 17.2 Å². The van der Waals surface area contributed by atoms with Gasteiger partial charge in [-0.2, -0.15) is 0 Å². The van der Waals surface area contributed by atoms with Gasteiger partial charge in [0.15, 0.2) is 0 Å². The van der Waals surface area contributed by atoms with E-state index in [9.17, 15) is 13.6 Å². The number of halogens is 2. The predicted molar refractivity (Wildman–Crippen MR) is 68.1 cm³/mol. The van der Waals surface area contributed by atoms with Gasteiger partial charge >= 0.3 is 0 Å². The summed E-state index contributed by atoms with van der Waals surface area (Å²) in [6.07, 6.45) is -2.22. The zero-order valence-corrected chi connectivity index (χ0v) is 10.5. The molecule has 0 saturated heterocycles. The van der Waals surface area contributed by atoms with E-state index in [0.29, 0.717) is 23.1 Å². The smallest absolute Gasteiger partial charge is 0.255 e. The third-order valence-electron chi connectivity index (χ3n) is 2.46. The molecule has 0 heterocycles. The van der Waals surface area contributed by atoms with Crippen molar-refractivity contribution < 1.29 is 18.7 Å². The van der Waals surface area contributed by atoms with Gasteiger partial charge in [0, 0.05) is 17.5 Å². The molecule has 0 bridgehead atoms. The van der Waals surface area contributed by atoms with Crippen molar-refractivity contribution in [1.82, 2.24) is 5.32 Å². The van der Waals surface area contributed by atoms with Crippen LogP contribution in [0.15, 0.2) is 18.2 Å². The van der Waals surface area contributed by atoms with Crippen LogP contribution in [0.1, 0.15) is 27.9 Å². The number of amides is 1. The molecule has 1 aromatic carbocycles. The lowest BCUT2D eigenvalue weighted by Crippen LogP contribution is -2.29. The van der Waals surface area contributed by atoms with E-state index in [4.69, 9.17) is 5.11 Å². The Hall–Kier alpha value is -1.93. The number of aliphatic hydroxyl groups is 1. The first-order chi connectivity index (χ1) is 9.06. The van der Waals surface area contributed by atoms with Gasteiger partial charge in [-0.25, -0.2) is 8.78 Å². The Morgan fingerprint density at radius 2 is 2.21 bits per heavy atom. The van der Waals surface area contributed by atoms with Crippen LogP contribution in [0.5, 0.6) is 0 Å². The summed E-state index contributed by atoms with van der Waals surface area (Å²) in [7, 11) is 0. The molecule has 3 nitrogen and oxygen atoms in total. The van der Waals surface area contributed by atoms with Gasteiger partial charge in [-0.05, 0) is 24.6 Å². The van der Waals surface area contributed by atoms with Crippen molar-refractivity contribution in [3.63, 3.8) is 0 Å². The maximum Gasteiger partial charge on any atom is 0.255 e.